The molecular weight excluding hydrogens is 337 g/mol. The van der Waals surface area contributed by atoms with E-state index in [1.165, 1.54) is 11.0 Å². The van der Waals surface area contributed by atoms with Gasteiger partial charge in [-0.3, -0.25) is 9.59 Å². The minimum absolute atomic E-state index is 0.166. The lowest BCUT2D eigenvalue weighted by Gasteiger charge is -2.31. The molecule has 1 unspecified atom stereocenters. The molecule has 1 aliphatic rings. The van der Waals surface area contributed by atoms with Crippen LogP contribution >= 0.6 is 0 Å². The molecule has 3 rings (SSSR count). The van der Waals surface area contributed by atoms with E-state index in [0.717, 1.165) is 5.82 Å². The van der Waals surface area contributed by atoms with E-state index in [1.54, 1.807) is 29.1 Å². The molecule has 26 heavy (non-hydrogen) atoms. The van der Waals surface area contributed by atoms with Crippen LogP contribution in [0.25, 0.3) is 5.69 Å². The second-order valence-electron chi connectivity index (χ2n) is 6.67. The molecule has 138 valence electrons. The molecule has 0 aliphatic carbocycles. The predicted molar refractivity (Wildman–Crippen MR) is 95.2 cm³/mol. The second-order valence-corrected chi connectivity index (χ2v) is 6.67. The van der Waals surface area contributed by atoms with E-state index in [2.05, 4.69) is 4.98 Å². The van der Waals surface area contributed by atoms with E-state index in [1.807, 2.05) is 19.0 Å². The summed E-state index contributed by atoms with van der Waals surface area (Å²) in [6.07, 6.45) is 4.45. The molecule has 1 aromatic heterocycles. The zero-order chi connectivity index (χ0) is 18.8. The van der Waals surface area contributed by atoms with Gasteiger partial charge in [-0.15, -0.1) is 0 Å². The van der Waals surface area contributed by atoms with Crippen molar-refractivity contribution in [1.82, 2.24) is 14.5 Å². The van der Waals surface area contributed by atoms with Gasteiger partial charge in [-0.25, -0.2) is 9.37 Å². The summed E-state index contributed by atoms with van der Waals surface area (Å²) in [6, 6.07) is 4.67. The Balaban J connectivity index is 1.90. The Morgan fingerprint density at radius 2 is 2.19 bits per heavy atom. The average Bonchev–Trinajstić information content (AvgIpc) is 3.02. The summed E-state index contributed by atoms with van der Waals surface area (Å²) in [5.41, 5.74) is 6.07. The summed E-state index contributed by atoms with van der Waals surface area (Å²) >= 11 is 0. The number of halogens is 1. The number of hydrogen-bond donors (Lipinski definition) is 1. The van der Waals surface area contributed by atoms with Gasteiger partial charge < -0.3 is 20.1 Å². The quantitative estimate of drug-likeness (QED) is 0.816. The number of carbonyl (C=O) groups excluding carboxylic acids is 2. The first kappa shape index (κ1) is 18.1. The molecule has 8 heteroatoms. The molecule has 1 atom stereocenters. The van der Waals surface area contributed by atoms with Gasteiger partial charge in [0, 0.05) is 30.7 Å². The van der Waals surface area contributed by atoms with Gasteiger partial charge in [0.2, 0.25) is 11.8 Å². The number of rotatable bonds is 5. The average molecular weight is 359 g/mol. The third-order valence-electron chi connectivity index (χ3n) is 4.46. The Kier molecular flexibility index (Phi) is 5.03. The van der Waals surface area contributed by atoms with Crippen molar-refractivity contribution in [3.05, 3.63) is 42.2 Å². The molecule has 7 nitrogen and oxygen atoms in total. The molecule has 1 fully saturated rings. The van der Waals surface area contributed by atoms with Crippen LogP contribution < -0.4 is 10.6 Å². The summed E-state index contributed by atoms with van der Waals surface area (Å²) < 4.78 is 16.6. The van der Waals surface area contributed by atoms with Crippen LogP contribution in [-0.4, -0.2) is 46.9 Å². The molecule has 0 bridgehead atoms. The molecule has 0 spiro atoms. The van der Waals surface area contributed by atoms with Crippen molar-refractivity contribution in [2.45, 2.75) is 19.4 Å². The van der Waals surface area contributed by atoms with Crippen molar-refractivity contribution in [1.29, 1.82) is 0 Å². The van der Waals surface area contributed by atoms with Gasteiger partial charge in [0.1, 0.15) is 17.6 Å². The van der Waals surface area contributed by atoms with Gasteiger partial charge >= 0.3 is 0 Å². The Labute approximate surface area is 151 Å². The van der Waals surface area contributed by atoms with Crippen LogP contribution in [0.1, 0.15) is 18.7 Å². The van der Waals surface area contributed by atoms with Crippen molar-refractivity contribution in [3.8, 4) is 5.69 Å². The van der Waals surface area contributed by atoms with E-state index < -0.39 is 23.5 Å². The number of aromatic nitrogens is 2. The zero-order valence-corrected chi connectivity index (χ0v) is 14.9. The SMILES string of the molecule is CN(C)Cc1nccn1-c1ccc(N2CCCC(C(N)=O)C2=O)c(F)c1. The topological polar surface area (TPSA) is 84.5 Å². The molecule has 0 saturated carbocycles. The molecule has 2 amide bonds. The maximum atomic E-state index is 14.8. The molecule has 1 aromatic carbocycles. The number of amides is 2. The molecular formula is C18H22FN5O2. The standard InChI is InChI=1S/C18H22FN5O2/c1-22(2)11-16-21-7-9-23(16)12-5-6-15(14(19)10-12)24-8-3-4-13(17(20)25)18(24)26/h5-7,9-10,13H,3-4,8,11H2,1-2H3,(H2,20,25). The maximum Gasteiger partial charge on any atom is 0.239 e. The monoisotopic (exact) mass is 359 g/mol. The number of imidazole rings is 1. The van der Waals surface area contributed by atoms with Crippen LogP contribution in [-0.2, 0) is 16.1 Å². The van der Waals surface area contributed by atoms with Crippen molar-refractivity contribution < 1.29 is 14.0 Å². The van der Waals surface area contributed by atoms with Crippen molar-refractivity contribution >= 4 is 17.5 Å². The van der Waals surface area contributed by atoms with E-state index in [4.69, 9.17) is 5.73 Å². The van der Waals surface area contributed by atoms with E-state index in [-0.39, 0.29) is 5.69 Å². The smallest absolute Gasteiger partial charge is 0.239 e. The summed E-state index contributed by atoms with van der Waals surface area (Å²) in [5, 5.41) is 0. The zero-order valence-electron chi connectivity index (χ0n) is 14.9. The number of carbonyl (C=O) groups is 2. The van der Waals surface area contributed by atoms with Crippen molar-refractivity contribution in [2.75, 3.05) is 25.5 Å². The largest absolute Gasteiger partial charge is 0.369 e. The Bertz CT molecular complexity index is 833. The summed E-state index contributed by atoms with van der Waals surface area (Å²) in [5.74, 6) is -1.73. The predicted octanol–water partition coefficient (Wildman–Crippen LogP) is 1.30. The number of hydrogen-bond acceptors (Lipinski definition) is 4. The number of piperidine rings is 1. The van der Waals surface area contributed by atoms with E-state index >= 15 is 0 Å². The number of benzene rings is 1. The highest BCUT2D eigenvalue weighted by atomic mass is 19.1. The maximum absolute atomic E-state index is 14.8. The molecule has 2 N–H and O–H groups in total. The fourth-order valence-corrected chi connectivity index (χ4v) is 3.21. The number of nitrogens with zero attached hydrogens (tertiary/aromatic N) is 4. The van der Waals surface area contributed by atoms with Gasteiger partial charge in [-0.2, -0.15) is 0 Å². The second kappa shape index (κ2) is 7.25. The molecule has 0 radical (unpaired) electrons. The van der Waals surface area contributed by atoms with Crippen LogP contribution in [0.15, 0.2) is 30.6 Å². The summed E-state index contributed by atoms with van der Waals surface area (Å²) in [7, 11) is 3.86. The Hall–Kier alpha value is -2.74. The van der Waals surface area contributed by atoms with Crippen LogP contribution in [0.5, 0.6) is 0 Å². The fraction of sp³-hybridized carbons (Fsp3) is 0.389. The Morgan fingerprint density at radius 1 is 1.42 bits per heavy atom. The first-order valence-electron chi connectivity index (χ1n) is 8.46. The van der Waals surface area contributed by atoms with Gasteiger partial charge in [0.25, 0.3) is 0 Å². The van der Waals surface area contributed by atoms with Crippen molar-refractivity contribution in [3.63, 3.8) is 0 Å². The highest BCUT2D eigenvalue weighted by molar-refractivity contribution is 6.07. The van der Waals surface area contributed by atoms with Crippen LogP contribution in [0.4, 0.5) is 10.1 Å². The minimum Gasteiger partial charge on any atom is -0.369 e. The van der Waals surface area contributed by atoms with Gasteiger partial charge in [0.15, 0.2) is 0 Å². The first-order chi connectivity index (χ1) is 12.4. The third kappa shape index (κ3) is 3.45. The molecule has 1 saturated heterocycles. The lowest BCUT2D eigenvalue weighted by Crippen LogP contribution is -2.46. The van der Waals surface area contributed by atoms with Crippen LogP contribution in [0.3, 0.4) is 0 Å². The van der Waals surface area contributed by atoms with Crippen LogP contribution in [0.2, 0.25) is 0 Å². The van der Waals surface area contributed by atoms with Gasteiger partial charge in [-0.1, -0.05) is 0 Å². The van der Waals surface area contributed by atoms with Crippen LogP contribution in [0, 0.1) is 11.7 Å². The normalized spacial score (nSPS) is 17.8. The molecule has 1 aliphatic heterocycles. The van der Waals surface area contributed by atoms with Crippen molar-refractivity contribution in [2.24, 2.45) is 11.7 Å². The first-order valence-corrected chi connectivity index (χ1v) is 8.46. The minimum atomic E-state index is -0.886. The van der Waals surface area contributed by atoms with Gasteiger partial charge in [-0.05, 0) is 39.1 Å². The summed E-state index contributed by atoms with van der Waals surface area (Å²) in [6.45, 7) is 0.983. The lowest BCUT2D eigenvalue weighted by atomic mass is 9.96. The van der Waals surface area contributed by atoms with E-state index in [9.17, 15) is 14.0 Å². The highest BCUT2D eigenvalue weighted by Gasteiger charge is 2.34. The fourth-order valence-electron chi connectivity index (χ4n) is 3.21. The Morgan fingerprint density at radius 3 is 2.85 bits per heavy atom. The number of nitrogens with two attached hydrogens (primary N) is 1. The summed E-state index contributed by atoms with van der Waals surface area (Å²) in [4.78, 5) is 31.5. The lowest BCUT2D eigenvalue weighted by molar-refractivity contribution is -0.133. The number of anilines is 1. The number of primary amides is 1. The van der Waals surface area contributed by atoms with Gasteiger partial charge in [0.05, 0.1) is 12.2 Å². The third-order valence-corrected chi connectivity index (χ3v) is 4.46. The molecule has 2 aromatic rings. The van der Waals surface area contributed by atoms with E-state index in [0.29, 0.717) is 31.6 Å². The highest BCUT2D eigenvalue weighted by Crippen LogP contribution is 2.28. The molecule has 2 heterocycles.